The van der Waals surface area contributed by atoms with Crippen LogP contribution in [0.5, 0.6) is 0 Å². The van der Waals surface area contributed by atoms with Gasteiger partial charge in [-0.15, -0.1) is 0 Å². The molecule has 2 aliphatic heterocycles. The number of imide groups is 1. The smallest absolute Gasteiger partial charge is 0.247 e. The highest BCUT2D eigenvalue weighted by Gasteiger charge is 2.42. The van der Waals surface area contributed by atoms with Crippen molar-refractivity contribution in [2.45, 2.75) is 32.5 Å². The Morgan fingerprint density at radius 2 is 1.57 bits per heavy atom. The van der Waals surface area contributed by atoms with E-state index < -0.39 is 0 Å². The molecular weight excluding hydrogens is 350 g/mol. The van der Waals surface area contributed by atoms with Crippen molar-refractivity contribution in [2.75, 3.05) is 26.2 Å². The molecule has 2 amide bonds. The molecule has 2 aromatic carbocycles. The molecule has 2 aromatic rings. The number of rotatable bonds is 5. The van der Waals surface area contributed by atoms with Gasteiger partial charge in [-0.25, -0.2) is 0 Å². The minimum absolute atomic E-state index is 0.0408. The zero-order valence-corrected chi connectivity index (χ0v) is 16.4. The van der Waals surface area contributed by atoms with Crippen LogP contribution in [0.15, 0.2) is 54.6 Å². The third-order valence-corrected chi connectivity index (χ3v) is 5.74. The highest BCUT2D eigenvalue weighted by Crippen LogP contribution is 2.22. The molecule has 2 saturated heterocycles. The average molecular weight is 377 g/mol. The first kappa shape index (κ1) is 18.8. The number of hydrogen-bond donors (Lipinski definition) is 0. The van der Waals surface area contributed by atoms with Crippen LogP contribution in [0.2, 0.25) is 0 Å². The number of carbonyl (C=O) groups excluding carboxylic acids is 2. The van der Waals surface area contributed by atoms with E-state index in [1.54, 1.807) is 0 Å². The van der Waals surface area contributed by atoms with Crippen molar-refractivity contribution < 1.29 is 9.59 Å². The number of carbonyl (C=O) groups is 2. The second-order valence-electron chi connectivity index (χ2n) is 7.82. The van der Waals surface area contributed by atoms with Gasteiger partial charge in [0.1, 0.15) is 0 Å². The van der Waals surface area contributed by atoms with Crippen LogP contribution in [-0.2, 0) is 22.7 Å². The van der Waals surface area contributed by atoms with E-state index >= 15 is 0 Å². The van der Waals surface area contributed by atoms with Crippen LogP contribution in [0.3, 0.4) is 0 Å². The number of piperazine rings is 1. The van der Waals surface area contributed by atoms with Crippen molar-refractivity contribution in [1.82, 2.24) is 14.7 Å². The van der Waals surface area contributed by atoms with Gasteiger partial charge in [0, 0.05) is 32.7 Å². The lowest BCUT2D eigenvalue weighted by atomic mass is 10.1. The van der Waals surface area contributed by atoms with Gasteiger partial charge in [-0.1, -0.05) is 60.2 Å². The van der Waals surface area contributed by atoms with Gasteiger partial charge in [0.15, 0.2) is 0 Å². The Bertz CT molecular complexity index is 844. The summed E-state index contributed by atoms with van der Waals surface area (Å²) >= 11 is 0. The van der Waals surface area contributed by atoms with Crippen LogP contribution in [0.1, 0.15) is 23.1 Å². The Hall–Kier alpha value is -2.50. The van der Waals surface area contributed by atoms with Gasteiger partial charge < -0.3 is 0 Å². The predicted molar refractivity (Wildman–Crippen MR) is 108 cm³/mol. The summed E-state index contributed by atoms with van der Waals surface area (Å²) < 4.78 is 0. The second-order valence-corrected chi connectivity index (χ2v) is 7.82. The molecule has 5 nitrogen and oxygen atoms in total. The van der Waals surface area contributed by atoms with E-state index in [0.717, 1.165) is 38.3 Å². The Balaban J connectivity index is 1.33. The minimum atomic E-state index is -0.294. The van der Waals surface area contributed by atoms with Crippen molar-refractivity contribution in [1.29, 1.82) is 0 Å². The first-order chi connectivity index (χ1) is 13.6. The lowest BCUT2D eigenvalue weighted by Crippen LogP contribution is -2.52. The second kappa shape index (κ2) is 8.25. The molecule has 0 N–H and O–H groups in total. The first-order valence-electron chi connectivity index (χ1n) is 10.0. The molecule has 0 radical (unpaired) electrons. The van der Waals surface area contributed by atoms with Crippen LogP contribution in [-0.4, -0.2) is 58.7 Å². The highest BCUT2D eigenvalue weighted by molar-refractivity contribution is 6.05. The zero-order valence-electron chi connectivity index (χ0n) is 16.4. The standard InChI is InChI=1S/C23H27N3O2/c1-18-6-5-9-20(14-18)16-24-10-12-25(13-11-24)21-15-22(27)26(23(21)28)17-19-7-3-2-4-8-19/h2-9,14,21H,10-13,15-17H2,1H3/t21-/m0/s1. The molecule has 28 heavy (non-hydrogen) atoms. The largest absolute Gasteiger partial charge is 0.297 e. The Morgan fingerprint density at radius 1 is 0.857 bits per heavy atom. The fraction of sp³-hybridized carbons (Fsp3) is 0.391. The van der Waals surface area contributed by atoms with E-state index in [2.05, 4.69) is 41.0 Å². The molecule has 5 heteroatoms. The maximum absolute atomic E-state index is 12.9. The fourth-order valence-corrected chi connectivity index (χ4v) is 4.18. The normalized spacial score (nSPS) is 21.5. The van der Waals surface area contributed by atoms with Crippen molar-refractivity contribution in [3.8, 4) is 0 Å². The fourth-order valence-electron chi connectivity index (χ4n) is 4.18. The molecule has 0 aliphatic carbocycles. The predicted octanol–water partition coefficient (Wildman–Crippen LogP) is 2.44. The lowest BCUT2D eigenvalue weighted by Gasteiger charge is -2.37. The minimum Gasteiger partial charge on any atom is -0.297 e. The SMILES string of the molecule is Cc1cccc(CN2CCN([C@H]3CC(=O)N(Cc4ccccc4)C3=O)CC2)c1. The molecule has 0 unspecified atom stereocenters. The summed E-state index contributed by atoms with van der Waals surface area (Å²) in [6.45, 7) is 6.93. The van der Waals surface area contributed by atoms with Gasteiger partial charge in [0.05, 0.1) is 19.0 Å². The summed E-state index contributed by atoms with van der Waals surface area (Å²) in [6, 6.07) is 18.0. The van der Waals surface area contributed by atoms with E-state index in [0.29, 0.717) is 13.0 Å². The molecule has 2 aliphatic rings. The highest BCUT2D eigenvalue weighted by atomic mass is 16.2. The number of nitrogens with zero attached hydrogens (tertiary/aromatic N) is 3. The van der Waals surface area contributed by atoms with Gasteiger partial charge in [-0.05, 0) is 18.1 Å². The Morgan fingerprint density at radius 3 is 2.29 bits per heavy atom. The van der Waals surface area contributed by atoms with E-state index in [4.69, 9.17) is 0 Å². The maximum Gasteiger partial charge on any atom is 0.247 e. The quantitative estimate of drug-likeness (QED) is 0.751. The van der Waals surface area contributed by atoms with Crippen LogP contribution < -0.4 is 0 Å². The van der Waals surface area contributed by atoms with E-state index in [1.165, 1.54) is 16.0 Å². The number of amides is 2. The average Bonchev–Trinajstić information content (AvgIpc) is 2.98. The van der Waals surface area contributed by atoms with Crippen molar-refractivity contribution >= 4 is 11.8 Å². The van der Waals surface area contributed by atoms with Gasteiger partial charge in [-0.2, -0.15) is 0 Å². The number of benzene rings is 2. The maximum atomic E-state index is 12.9. The van der Waals surface area contributed by atoms with Gasteiger partial charge >= 0.3 is 0 Å². The van der Waals surface area contributed by atoms with Gasteiger partial charge in [-0.3, -0.25) is 24.3 Å². The van der Waals surface area contributed by atoms with E-state index in [1.807, 2.05) is 30.3 Å². The van der Waals surface area contributed by atoms with Crippen molar-refractivity contribution in [3.63, 3.8) is 0 Å². The third kappa shape index (κ3) is 4.16. The van der Waals surface area contributed by atoms with E-state index in [9.17, 15) is 9.59 Å². The summed E-state index contributed by atoms with van der Waals surface area (Å²) in [4.78, 5) is 31.4. The topological polar surface area (TPSA) is 43.9 Å². The van der Waals surface area contributed by atoms with Gasteiger partial charge in [0.25, 0.3) is 0 Å². The molecule has 0 aromatic heterocycles. The van der Waals surface area contributed by atoms with Gasteiger partial charge in [0.2, 0.25) is 11.8 Å². The van der Waals surface area contributed by atoms with Crippen LogP contribution in [0, 0.1) is 6.92 Å². The molecule has 4 rings (SSSR count). The molecule has 0 saturated carbocycles. The van der Waals surface area contributed by atoms with Crippen molar-refractivity contribution in [2.24, 2.45) is 0 Å². The Kier molecular flexibility index (Phi) is 5.55. The summed E-state index contributed by atoms with van der Waals surface area (Å²) in [6.07, 6.45) is 0.309. The van der Waals surface area contributed by atoms with Crippen LogP contribution >= 0.6 is 0 Å². The molecule has 2 heterocycles. The number of hydrogen-bond acceptors (Lipinski definition) is 4. The van der Waals surface area contributed by atoms with Crippen molar-refractivity contribution in [3.05, 3.63) is 71.3 Å². The third-order valence-electron chi connectivity index (χ3n) is 5.74. The number of aryl methyl sites for hydroxylation is 1. The summed E-state index contributed by atoms with van der Waals surface area (Å²) in [7, 11) is 0. The van der Waals surface area contributed by atoms with E-state index in [-0.39, 0.29) is 17.9 Å². The molecule has 2 fully saturated rings. The monoisotopic (exact) mass is 377 g/mol. The number of likely N-dealkylation sites (tertiary alicyclic amines) is 1. The molecular formula is C23H27N3O2. The molecule has 0 spiro atoms. The first-order valence-corrected chi connectivity index (χ1v) is 10.0. The summed E-state index contributed by atoms with van der Waals surface area (Å²) in [5.74, 6) is -0.0953. The zero-order chi connectivity index (χ0) is 19.5. The van der Waals surface area contributed by atoms with Crippen LogP contribution in [0.25, 0.3) is 0 Å². The summed E-state index contributed by atoms with van der Waals surface area (Å²) in [5, 5.41) is 0. The van der Waals surface area contributed by atoms with Crippen LogP contribution in [0.4, 0.5) is 0 Å². The molecule has 0 bridgehead atoms. The molecule has 146 valence electrons. The lowest BCUT2D eigenvalue weighted by molar-refractivity contribution is -0.140. The summed E-state index contributed by atoms with van der Waals surface area (Å²) in [5.41, 5.74) is 3.60. The molecule has 1 atom stereocenters. The Labute approximate surface area is 166 Å².